The van der Waals surface area contributed by atoms with E-state index in [9.17, 15) is 21.2 Å². The van der Waals surface area contributed by atoms with Gasteiger partial charge in [0.15, 0.2) is 0 Å². The number of rotatable bonds is 6. The van der Waals surface area contributed by atoms with Gasteiger partial charge in [0.05, 0.1) is 23.4 Å². The van der Waals surface area contributed by atoms with Crippen molar-refractivity contribution in [3.05, 3.63) is 59.9 Å². The summed E-state index contributed by atoms with van der Waals surface area (Å²) >= 11 is 0. The summed E-state index contributed by atoms with van der Waals surface area (Å²) in [5, 5.41) is 0. The zero-order chi connectivity index (χ0) is 18.0. The molecule has 0 saturated carbocycles. The van der Waals surface area contributed by atoms with Crippen LogP contribution in [0.4, 0.5) is 15.8 Å². The zero-order valence-corrected chi connectivity index (χ0v) is 14.7. The quantitative estimate of drug-likeness (QED) is 0.842. The van der Waals surface area contributed by atoms with E-state index in [-0.39, 0.29) is 11.3 Å². The molecule has 0 heterocycles. The van der Waals surface area contributed by atoms with Gasteiger partial charge in [-0.2, -0.15) is 0 Å². The largest absolute Gasteiger partial charge is 0.283 e. The van der Waals surface area contributed by atoms with Crippen molar-refractivity contribution in [3.63, 3.8) is 0 Å². The first-order valence-electron chi connectivity index (χ1n) is 6.86. The Morgan fingerprint density at radius 2 is 1.71 bits per heavy atom. The van der Waals surface area contributed by atoms with Crippen molar-refractivity contribution in [2.75, 3.05) is 22.3 Å². The van der Waals surface area contributed by atoms with Crippen LogP contribution in [-0.4, -0.2) is 30.1 Å². The second-order valence-electron chi connectivity index (χ2n) is 5.23. The van der Waals surface area contributed by atoms with E-state index in [1.165, 1.54) is 49.5 Å². The van der Waals surface area contributed by atoms with Crippen LogP contribution in [0.1, 0.15) is 5.56 Å². The first-order valence-corrected chi connectivity index (χ1v) is 10.4. The summed E-state index contributed by atoms with van der Waals surface area (Å²) in [6.45, 7) is 0. The molecule has 0 bridgehead atoms. The Morgan fingerprint density at radius 1 is 1.04 bits per heavy atom. The van der Waals surface area contributed by atoms with Crippen LogP contribution in [0, 0.1) is 5.82 Å². The lowest BCUT2D eigenvalue weighted by atomic mass is 10.2. The Labute approximate surface area is 141 Å². The third-order valence-electron chi connectivity index (χ3n) is 3.28. The maximum Gasteiger partial charge on any atom is 0.237 e. The Balaban J connectivity index is 2.23. The molecule has 2 rings (SSSR count). The average molecular weight is 372 g/mol. The highest BCUT2D eigenvalue weighted by Crippen LogP contribution is 2.22. The monoisotopic (exact) mass is 372 g/mol. The van der Waals surface area contributed by atoms with Gasteiger partial charge in [-0.1, -0.05) is 24.3 Å². The first kappa shape index (κ1) is 18.2. The summed E-state index contributed by atoms with van der Waals surface area (Å²) < 4.78 is 64.4. The van der Waals surface area contributed by atoms with Crippen molar-refractivity contribution in [2.24, 2.45) is 0 Å². The van der Waals surface area contributed by atoms with Gasteiger partial charge < -0.3 is 0 Å². The van der Waals surface area contributed by atoms with Gasteiger partial charge in [0, 0.05) is 12.6 Å². The third kappa shape index (κ3) is 4.68. The number of nitrogens with zero attached hydrogens (tertiary/aromatic N) is 1. The van der Waals surface area contributed by atoms with Crippen LogP contribution in [0.15, 0.2) is 48.5 Å². The molecule has 6 nitrogen and oxygen atoms in total. The average Bonchev–Trinajstić information content (AvgIpc) is 2.47. The lowest BCUT2D eigenvalue weighted by molar-refractivity contribution is 0.591. The highest BCUT2D eigenvalue weighted by atomic mass is 32.2. The molecule has 9 heteroatoms. The number of halogens is 1. The minimum absolute atomic E-state index is 0.0504. The third-order valence-corrected chi connectivity index (χ3v) is 5.73. The Bertz CT molecular complexity index is 943. The molecule has 2 aromatic rings. The summed E-state index contributed by atoms with van der Waals surface area (Å²) in [5.74, 6) is -1.13. The van der Waals surface area contributed by atoms with Crippen LogP contribution in [0.25, 0.3) is 0 Å². The molecular weight excluding hydrogens is 355 g/mol. The summed E-state index contributed by atoms with van der Waals surface area (Å²) in [5.41, 5.74) is 0.553. The fraction of sp³-hybridized carbons (Fsp3) is 0.200. The van der Waals surface area contributed by atoms with Gasteiger partial charge in [0.1, 0.15) is 5.82 Å². The SMILES string of the molecule is CN(c1cccc(NS(=O)(=O)Cc2ccccc2F)c1)S(C)(=O)=O. The van der Waals surface area contributed by atoms with Crippen LogP contribution < -0.4 is 9.03 Å². The molecule has 0 amide bonds. The van der Waals surface area contributed by atoms with Gasteiger partial charge in [-0.15, -0.1) is 0 Å². The molecule has 0 aliphatic rings. The fourth-order valence-corrected chi connectivity index (χ4v) is 3.69. The van der Waals surface area contributed by atoms with Crippen LogP contribution in [-0.2, 0) is 25.8 Å². The van der Waals surface area contributed by atoms with Crippen LogP contribution in [0.3, 0.4) is 0 Å². The molecule has 0 aliphatic heterocycles. The molecule has 0 aromatic heterocycles. The second kappa shape index (κ2) is 6.78. The lowest BCUT2D eigenvalue weighted by Gasteiger charge is -2.17. The molecule has 24 heavy (non-hydrogen) atoms. The first-order chi connectivity index (χ1) is 11.1. The molecule has 0 unspecified atom stereocenters. The van der Waals surface area contributed by atoms with Gasteiger partial charge >= 0.3 is 0 Å². The van der Waals surface area contributed by atoms with E-state index in [1.54, 1.807) is 6.07 Å². The second-order valence-corrected chi connectivity index (χ2v) is 8.97. The summed E-state index contributed by atoms with van der Waals surface area (Å²) in [7, 11) is -5.95. The van der Waals surface area contributed by atoms with Gasteiger partial charge in [0.2, 0.25) is 20.0 Å². The van der Waals surface area contributed by atoms with E-state index in [4.69, 9.17) is 0 Å². The summed E-state index contributed by atoms with van der Waals surface area (Å²) in [4.78, 5) is 0. The predicted octanol–water partition coefficient (Wildman–Crippen LogP) is 2.16. The molecule has 0 atom stereocenters. The Kier molecular flexibility index (Phi) is 5.14. The topological polar surface area (TPSA) is 83.6 Å². The fourth-order valence-electron chi connectivity index (χ4n) is 1.99. The number of anilines is 2. The predicted molar refractivity (Wildman–Crippen MR) is 92.3 cm³/mol. The van der Waals surface area contributed by atoms with E-state index >= 15 is 0 Å². The smallest absolute Gasteiger partial charge is 0.237 e. The van der Waals surface area contributed by atoms with E-state index < -0.39 is 31.6 Å². The van der Waals surface area contributed by atoms with E-state index in [1.807, 2.05) is 0 Å². The number of nitrogens with one attached hydrogen (secondary N) is 1. The van der Waals surface area contributed by atoms with E-state index in [0.717, 1.165) is 10.6 Å². The van der Waals surface area contributed by atoms with Crippen molar-refractivity contribution < 1.29 is 21.2 Å². The maximum atomic E-state index is 13.6. The molecule has 0 saturated heterocycles. The minimum Gasteiger partial charge on any atom is -0.283 e. The molecule has 130 valence electrons. The molecule has 0 spiro atoms. The standard InChI is InChI=1S/C15H17FN2O4S2/c1-18(23(2,19)20)14-8-5-7-13(10-14)17-24(21,22)11-12-6-3-4-9-15(12)16/h3-10,17H,11H2,1-2H3. The van der Waals surface area contributed by atoms with Gasteiger partial charge in [-0.05, 0) is 24.3 Å². The normalized spacial score (nSPS) is 12.0. The van der Waals surface area contributed by atoms with Crippen LogP contribution >= 0.6 is 0 Å². The number of hydrogen-bond acceptors (Lipinski definition) is 4. The number of benzene rings is 2. The Morgan fingerprint density at radius 3 is 2.33 bits per heavy atom. The minimum atomic E-state index is -3.85. The van der Waals surface area contributed by atoms with Crippen molar-refractivity contribution in [3.8, 4) is 0 Å². The van der Waals surface area contributed by atoms with Crippen molar-refractivity contribution >= 4 is 31.4 Å². The van der Waals surface area contributed by atoms with Crippen LogP contribution in [0.2, 0.25) is 0 Å². The molecule has 0 fully saturated rings. The van der Waals surface area contributed by atoms with Gasteiger partial charge in [0.25, 0.3) is 0 Å². The number of hydrogen-bond donors (Lipinski definition) is 1. The highest BCUT2D eigenvalue weighted by molar-refractivity contribution is 7.92. The highest BCUT2D eigenvalue weighted by Gasteiger charge is 2.16. The zero-order valence-electron chi connectivity index (χ0n) is 13.1. The molecule has 2 aromatic carbocycles. The van der Waals surface area contributed by atoms with Crippen molar-refractivity contribution in [1.29, 1.82) is 0 Å². The maximum absolute atomic E-state index is 13.6. The molecular formula is C15H17FN2O4S2. The number of sulfonamides is 2. The molecule has 0 radical (unpaired) electrons. The molecule has 0 aliphatic carbocycles. The van der Waals surface area contributed by atoms with Gasteiger partial charge in [-0.25, -0.2) is 21.2 Å². The summed E-state index contributed by atoms with van der Waals surface area (Å²) in [6.07, 6.45) is 1.04. The Hall–Kier alpha value is -2.13. The van der Waals surface area contributed by atoms with Gasteiger partial charge in [-0.3, -0.25) is 9.03 Å². The van der Waals surface area contributed by atoms with Crippen molar-refractivity contribution in [1.82, 2.24) is 0 Å². The lowest BCUT2D eigenvalue weighted by Crippen LogP contribution is -2.25. The molecule has 1 N–H and O–H groups in total. The van der Waals surface area contributed by atoms with E-state index in [0.29, 0.717) is 5.69 Å². The van der Waals surface area contributed by atoms with E-state index in [2.05, 4.69) is 4.72 Å². The summed E-state index contributed by atoms with van der Waals surface area (Å²) in [6, 6.07) is 11.5. The van der Waals surface area contributed by atoms with Crippen molar-refractivity contribution in [2.45, 2.75) is 5.75 Å². The van der Waals surface area contributed by atoms with Crippen LogP contribution in [0.5, 0.6) is 0 Å².